The first-order valence-corrected chi connectivity index (χ1v) is 5.79. The van der Waals surface area contributed by atoms with E-state index in [0.717, 1.165) is 0 Å². The fraction of sp³-hybridized carbons (Fsp3) is 1.00. The van der Waals surface area contributed by atoms with Gasteiger partial charge >= 0.3 is 11.2 Å². The van der Waals surface area contributed by atoms with Gasteiger partial charge in [-0.1, -0.05) is 12.8 Å². The lowest BCUT2D eigenvalue weighted by Gasteiger charge is -2.27. The van der Waals surface area contributed by atoms with Gasteiger partial charge < -0.3 is 9.66 Å². The minimum Gasteiger partial charge on any atom is -0.768 e. The van der Waals surface area contributed by atoms with Crippen LogP contribution in [0, 0.1) is 0 Å². The van der Waals surface area contributed by atoms with Crippen molar-refractivity contribution >= 4 is 11.1 Å². The zero-order chi connectivity index (χ0) is 12.8. The fourth-order valence-corrected chi connectivity index (χ4v) is 1.43. The summed E-state index contributed by atoms with van der Waals surface area (Å²) in [6, 6.07) is 0. The summed E-state index contributed by atoms with van der Waals surface area (Å²) < 4.78 is 70.4. The maximum atomic E-state index is 12.8. The largest absolute Gasteiger partial charge is 0.768 e. The third kappa shape index (κ3) is 4.34. The standard InChI is InChI=1S/C8H14F4O3S/c9-7(10,8(11,12)16(14)15)5-3-1-2-4-6-13/h13H,1-6H2,(H,14,15)/p-1. The Morgan fingerprint density at radius 3 is 2.00 bits per heavy atom. The summed E-state index contributed by atoms with van der Waals surface area (Å²) in [4.78, 5) is 0. The molecule has 0 amide bonds. The molecule has 0 spiro atoms. The highest BCUT2D eigenvalue weighted by molar-refractivity contribution is 7.80. The number of rotatable bonds is 8. The Morgan fingerprint density at radius 2 is 1.56 bits per heavy atom. The Labute approximate surface area is 93.1 Å². The second-order valence-corrected chi connectivity index (χ2v) is 4.33. The summed E-state index contributed by atoms with van der Waals surface area (Å²) in [7, 11) is 0. The first kappa shape index (κ1) is 15.8. The molecule has 16 heavy (non-hydrogen) atoms. The van der Waals surface area contributed by atoms with Crippen molar-refractivity contribution in [1.29, 1.82) is 0 Å². The maximum Gasteiger partial charge on any atom is 0.371 e. The quantitative estimate of drug-likeness (QED) is 0.415. The number of alkyl halides is 4. The van der Waals surface area contributed by atoms with Crippen LogP contribution in [-0.4, -0.2) is 31.7 Å². The Morgan fingerprint density at radius 1 is 1.06 bits per heavy atom. The van der Waals surface area contributed by atoms with Gasteiger partial charge in [0.15, 0.2) is 0 Å². The SMILES string of the molecule is O=S([O-])C(F)(F)C(F)(F)CCCCCCO. The third-order valence-corrected chi connectivity index (χ3v) is 2.75. The van der Waals surface area contributed by atoms with Gasteiger partial charge in [0.05, 0.1) is 0 Å². The summed E-state index contributed by atoms with van der Waals surface area (Å²) in [5.74, 6) is -4.54. The van der Waals surface area contributed by atoms with E-state index in [0.29, 0.717) is 12.8 Å². The lowest BCUT2D eigenvalue weighted by molar-refractivity contribution is -0.162. The molecule has 0 bridgehead atoms. The van der Waals surface area contributed by atoms with Crippen molar-refractivity contribution in [2.45, 2.75) is 43.3 Å². The predicted octanol–water partition coefficient (Wildman–Crippen LogP) is 2.04. The molecule has 0 saturated carbocycles. The molecule has 0 radical (unpaired) electrons. The number of halogens is 4. The summed E-state index contributed by atoms with van der Waals surface area (Å²) in [6.07, 6.45) is -0.287. The topological polar surface area (TPSA) is 60.4 Å². The molecule has 1 unspecified atom stereocenters. The second kappa shape index (κ2) is 6.51. The monoisotopic (exact) mass is 265 g/mol. The Kier molecular flexibility index (Phi) is 6.42. The maximum absolute atomic E-state index is 12.8. The van der Waals surface area contributed by atoms with Crippen molar-refractivity contribution in [1.82, 2.24) is 0 Å². The zero-order valence-electron chi connectivity index (χ0n) is 8.43. The van der Waals surface area contributed by atoms with E-state index in [9.17, 15) is 26.3 Å². The molecule has 0 aromatic heterocycles. The van der Waals surface area contributed by atoms with Crippen LogP contribution in [0.4, 0.5) is 17.6 Å². The van der Waals surface area contributed by atoms with E-state index < -0.39 is 28.7 Å². The van der Waals surface area contributed by atoms with E-state index in [1.807, 2.05) is 0 Å². The minimum atomic E-state index is -5.02. The van der Waals surface area contributed by atoms with Gasteiger partial charge in [-0.25, -0.2) is 0 Å². The molecular weight excluding hydrogens is 252 g/mol. The van der Waals surface area contributed by atoms with E-state index in [1.54, 1.807) is 0 Å². The van der Waals surface area contributed by atoms with Gasteiger partial charge in [-0.3, -0.25) is 4.21 Å². The number of hydrogen-bond donors (Lipinski definition) is 1. The Bertz CT molecular complexity index is 235. The van der Waals surface area contributed by atoms with Crippen LogP contribution in [0.2, 0.25) is 0 Å². The van der Waals surface area contributed by atoms with Gasteiger partial charge in [-0.05, 0) is 12.8 Å². The molecular formula is C8H13F4O3S-. The van der Waals surface area contributed by atoms with Crippen LogP contribution in [0.1, 0.15) is 32.1 Å². The van der Waals surface area contributed by atoms with Gasteiger partial charge in [-0.2, -0.15) is 17.6 Å². The lowest BCUT2D eigenvalue weighted by atomic mass is 10.1. The highest BCUT2D eigenvalue weighted by Gasteiger charge is 2.56. The molecule has 3 nitrogen and oxygen atoms in total. The van der Waals surface area contributed by atoms with Crippen LogP contribution in [0.3, 0.4) is 0 Å². The van der Waals surface area contributed by atoms with Crippen LogP contribution in [0.5, 0.6) is 0 Å². The summed E-state index contributed by atoms with van der Waals surface area (Å²) in [5, 5.41) is 3.35. The molecule has 0 fully saturated rings. The smallest absolute Gasteiger partial charge is 0.371 e. The van der Waals surface area contributed by atoms with E-state index >= 15 is 0 Å². The van der Waals surface area contributed by atoms with Crippen molar-refractivity contribution in [3.8, 4) is 0 Å². The molecule has 0 aliphatic rings. The van der Waals surface area contributed by atoms with E-state index in [-0.39, 0.29) is 19.4 Å². The first-order valence-electron chi connectivity index (χ1n) is 4.71. The first-order chi connectivity index (χ1) is 7.25. The zero-order valence-corrected chi connectivity index (χ0v) is 9.24. The molecule has 98 valence electrons. The van der Waals surface area contributed by atoms with Gasteiger partial charge in [0.1, 0.15) is 0 Å². The number of unbranched alkanes of at least 4 members (excludes halogenated alkanes) is 3. The van der Waals surface area contributed by atoms with E-state index in [2.05, 4.69) is 0 Å². The average molecular weight is 265 g/mol. The summed E-state index contributed by atoms with van der Waals surface area (Å²) in [5.41, 5.74) is 0. The highest BCUT2D eigenvalue weighted by Crippen LogP contribution is 2.40. The third-order valence-electron chi connectivity index (χ3n) is 2.03. The van der Waals surface area contributed by atoms with E-state index in [4.69, 9.17) is 5.11 Å². The Balaban J connectivity index is 4.09. The number of aliphatic hydroxyl groups is 1. The lowest BCUT2D eigenvalue weighted by Crippen LogP contribution is -2.43. The normalized spacial score (nSPS) is 15.1. The average Bonchev–Trinajstić information content (AvgIpc) is 2.16. The van der Waals surface area contributed by atoms with Crippen LogP contribution >= 0.6 is 0 Å². The van der Waals surface area contributed by atoms with Crippen LogP contribution in [-0.2, 0) is 11.1 Å². The molecule has 0 aliphatic carbocycles. The Hall–Kier alpha value is -0.210. The van der Waals surface area contributed by atoms with Crippen LogP contribution in [0.25, 0.3) is 0 Å². The van der Waals surface area contributed by atoms with Crippen molar-refractivity contribution in [3.05, 3.63) is 0 Å². The molecule has 0 saturated heterocycles. The van der Waals surface area contributed by atoms with Gasteiger partial charge in [0.2, 0.25) is 0 Å². The second-order valence-electron chi connectivity index (χ2n) is 3.34. The molecule has 1 atom stereocenters. The molecule has 0 heterocycles. The van der Waals surface area contributed by atoms with Crippen molar-refractivity contribution in [3.63, 3.8) is 0 Å². The molecule has 0 rings (SSSR count). The van der Waals surface area contributed by atoms with Crippen molar-refractivity contribution < 1.29 is 31.4 Å². The highest BCUT2D eigenvalue weighted by atomic mass is 32.2. The van der Waals surface area contributed by atoms with Crippen molar-refractivity contribution in [2.75, 3.05) is 6.61 Å². The minimum absolute atomic E-state index is 0.0862. The van der Waals surface area contributed by atoms with Crippen molar-refractivity contribution in [2.24, 2.45) is 0 Å². The molecule has 0 aromatic rings. The van der Waals surface area contributed by atoms with Gasteiger partial charge in [0.25, 0.3) is 0 Å². The molecule has 8 heteroatoms. The molecule has 1 N–H and O–H groups in total. The van der Waals surface area contributed by atoms with Gasteiger partial charge in [-0.15, -0.1) is 0 Å². The van der Waals surface area contributed by atoms with Crippen LogP contribution < -0.4 is 0 Å². The molecule has 0 aliphatic heterocycles. The van der Waals surface area contributed by atoms with Gasteiger partial charge in [0, 0.05) is 24.1 Å². The number of hydrogen-bond acceptors (Lipinski definition) is 3. The predicted molar refractivity (Wildman–Crippen MR) is 49.0 cm³/mol. The molecule has 0 aromatic carbocycles. The number of aliphatic hydroxyl groups excluding tert-OH is 1. The summed E-state index contributed by atoms with van der Waals surface area (Å²) >= 11 is -4.13. The van der Waals surface area contributed by atoms with E-state index in [1.165, 1.54) is 0 Å². The van der Waals surface area contributed by atoms with Crippen LogP contribution in [0.15, 0.2) is 0 Å². The fourth-order valence-electron chi connectivity index (χ4n) is 1.08. The summed E-state index contributed by atoms with van der Waals surface area (Å²) in [6.45, 7) is -0.0862.